The minimum absolute atomic E-state index is 0.00849. The maximum atomic E-state index is 8.63. The average Bonchev–Trinajstić information content (AvgIpc) is 2.52. The number of phenolic OH excluding ortho intramolecular Hbond substituents is 2. The van der Waals surface area contributed by atoms with Crippen LogP contribution in [0.5, 0.6) is 11.5 Å². The van der Waals surface area contributed by atoms with Gasteiger partial charge in [-0.05, 0) is 36.7 Å². The minimum atomic E-state index is 0.00849. The second-order valence-corrected chi connectivity index (χ2v) is 5.87. The number of hydrogen-bond acceptors (Lipinski definition) is 3. The molecule has 0 radical (unpaired) electrons. The van der Waals surface area contributed by atoms with Crippen molar-refractivity contribution in [3.05, 3.63) is 60.7 Å². The molecule has 3 nitrogen and oxygen atoms in total. The van der Waals surface area contributed by atoms with E-state index in [4.69, 9.17) is 14.6 Å². The fourth-order valence-corrected chi connectivity index (χ4v) is 2.71. The molecule has 20 heavy (non-hydrogen) atoms. The molecule has 0 unspecified atom stereocenters. The van der Waals surface area contributed by atoms with Crippen molar-refractivity contribution in [3.8, 4) is 11.5 Å². The highest BCUT2D eigenvalue weighted by atomic mass is 28.2. The van der Waals surface area contributed by atoms with E-state index in [1.165, 1.54) is 18.9 Å². The van der Waals surface area contributed by atoms with Crippen LogP contribution < -0.4 is 0 Å². The molecule has 1 heterocycles. The van der Waals surface area contributed by atoms with Gasteiger partial charge in [-0.3, -0.25) is 0 Å². The van der Waals surface area contributed by atoms with E-state index in [-0.39, 0.29) is 9.76 Å². The Morgan fingerprint density at radius 1 is 0.750 bits per heavy atom. The van der Waals surface area contributed by atoms with Crippen LogP contribution in [0.2, 0.25) is 6.04 Å². The molecule has 1 saturated heterocycles. The summed E-state index contributed by atoms with van der Waals surface area (Å²) in [5, 5.41) is 17.3. The lowest BCUT2D eigenvalue weighted by Crippen LogP contribution is -2.06. The van der Waals surface area contributed by atoms with Crippen molar-refractivity contribution in [2.24, 2.45) is 0 Å². The SMILES string of the molecule is C1CC[SiH2]OC1.Oc1ccccc1.Oc1ccccc1. The van der Waals surface area contributed by atoms with E-state index >= 15 is 0 Å². The lowest BCUT2D eigenvalue weighted by atomic mass is 10.3. The van der Waals surface area contributed by atoms with Crippen LogP contribution >= 0.6 is 0 Å². The smallest absolute Gasteiger partial charge is 0.161 e. The molecule has 108 valence electrons. The largest absolute Gasteiger partial charge is 0.508 e. The normalized spacial score (nSPS) is 14.4. The Labute approximate surface area is 122 Å². The lowest BCUT2D eigenvalue weighted by Gasteiger charge is -2.07. The second kappa shape index (κ2) is 11.1. The molecule has 1 aliphatic heterocycles. The zero-order valence-corrected chi connectivity index (χ0v) is 13.0. The van der Waals surface area contributed by atoms with E-state index in [2.05, 4.69) is 0 Å². The van der Waals surface area contributed by atoms with E-state index in [0.717, 1.165) is 6.61 Å². The molecule has 0 aliphatic carbocycles. The van der Waals surface area contributed by atoms with Crippen LogP contribution in [0.15, 0.2) is 60.7 Å². The third kappa shape index (κ3) is 9.19. The van der Waals surface area contributed by atoms with Gasteiger partial charge in [-0.25, -0.2) is 0 Å². The third-order valence-corrected chi connectivity index (χ3v) is 3.96. The van der Waals surface area contributed by atoms with Crippen LogP contribution in [0.4, 0.5) is 0 Å². The zero-order chi connectivity index (χ0) is 14.5. The maximum Gasteiger partial charge on any atom is 0.161 e. The van der Waals surface area contributed by atoms with Crippen molar-refractivity contribution in [3.63, 3.8) is 0 Å². The Balaban J connectivity index is 0.000000151. The average molecular weight is 290 g/mol. The number of rotatable bonds is 0. The van der Waals surface area contributed by atoms with Crippen LogP contribution in [0.3, 0.4) is 0 Å². The number of benzene rings is 2. The summed E-state index contributed by atoms with van der Waals surface area (Å²) in [7, 11) is 0.00849. The highest BCUT2D eigenvalue weighted by Crippen LogP contribution is 2.03. The van der Waals surface area contributed by atoms with Gasteiger partial charge in [-0.2, -0.15) is 0 Å². The molecule has 2 N–H and O–H groups in total. The Bertz CT molecular complexity index is 381. The fourth-order valence-electron chi connectivity index (χ4n) is 1.54. The molecule has 0 atom stereocenters. The Hall–Kier alpha value is -1.78. The topological polar surface area (TPSA) is 49.7 Å². The van der Waals surface area contributed by atoms with Gasteiger partial charge in [0, 0.05) is 6.61 Å². The summed E-state index contributed by atoms with van der Waals surface area (Å²) in [6.45, 7) is 1.06. The summed E-state index contributed by atoms with van der Waals surface area (Å²) >= 11 is 0. The van der Waals surface area contributed by atoms with Crippen molar-refractivity contribution < 1.29 is 14.6 Å². The molecule has 0 saturated carbocycles. The van der Waals surface area contributed by atoms with Gasteiger partial charge in [0.15, 0.2) is 9.76 Å². The first kappa shape index (κ1) is 16.3. The van der Waals surface area contributed by atoms with Crippen LogP contribution in [0, 0.1) is 0 Å². The summed E-state index contributed by atoms with van der Waals surface area (Å²) in [5.41, 5.74) is 0. The number of hydrogen-bond donors (Lipinski definition) is 2. The molecular formula is C16H22O3Si. The predicted octanol–water partition coefficient (Wildman–Crippen LogP) is 3.08. The Morgan fingerprint density at radius 2 is 1.25 bits per heavy atom. The van der Waals surface area contributed by atoms with E-state index in [1.807, 2.05) is 12.1 Å². The highest BCUT2D eigenvalue weighted by Gasteiger charge is 1.96. The first-order chi connectivity index (χ1) is 9.79. The van der Waals surface area contributed by atoms with Crippen molar-refractivity contribution in [2.45, 2.75) is 18.9 Å². The summed E-state index contributed by atoms with van der Waals surface area (Å²) in [5.74, 6) is 0.644. The van der Waals surface area contributed by atoms with Gasteiger partial charge in [0.2, 0.25) is 0 Å². The van der Waals surface area contributed by atoms with Gasteiger partial charge in [-0.1, -0.05) is 42.8 Å². The van der Waals surface area contributed by atoms with Crippen molar-refractivity contribution in [1.29, 1.82) is 0 Å². The summed E-state index contributed by atoms with van der Waals surface area (Å²) in [6, 6.07) is 18.8. The molecule has 1 aliphatic rings. The van der Waals surface area contributed by atoms with Crippen LogP contribution in [0.25, 0.3) is 0 Å². The third-order valence-electron chi connectivity index (χ3n) is 2.59. The van der Waals surface area contributed by atoms with Gasteiger partial charge in [0.25, 0.3) is 0 Å². The molecule has 4 heteroatoms. The van der Waals surface area contributed by atoms with Gasteiger partial charge < -0.3 is 14.6 Å². The summed E-state index contributed by atoms with van der Waals surface area (Å²) < 4.78 is 5.21. The summed E-state index contributed by atoms with van der Waals surface area (Å²) in [4.78, 5) is 0. The molecule has 3 rings (SSSR count). The van der Waals surface area contributed by atoms with Crippen LogP contribution in [-0.2, 0) is 4.43 Å². The van der Waals surface area contributed by atoms with Crippen molar-refractivity contribution in [2.75, 3.05) is 6.61 Å². The zero-order valence-electron chi connectivity index (χ0n) is 11.6. The monoisotopic (exact) mass is 290 g/mol. The molecular weight excluding hydrogens is 268 g/mol. The van der Waals surface area contributed by atoms with Crippen molar-refractivity contribution >= 4 is 9.76 Å². The molecule has 2 aromatic rings. The first-order valence-corrected chi connectivity index (χ1v) is 8.42. The van der Waals surface area contributed by atoms with E-state index in [0.29, 0.717) is 11.5 Å². The molecule has 0 bridgehead atoms. The summed E-state index contributed by atoms with van der Waals surface area (Å²) in [6.07, 6.45) is 2.75. The van der Waals surface area contributed by atoms with E-state index in [9.17, 15) is 0 Å². The van der Waals surface area contributed by atoms with Crippen molar-refractivity contribution in [1.82, 2.24) is 0 Å². The maximum absolute atomic E-state index is 8.63. The van der Waals surface area contributed by atoms with Gasteiger partial charge >= 0.3 is 0 Å². The highest BCUT2D eigenvalue weighted by molar-refractivity contribution is 6.27. The number of aromatic hydroxyl groups is 2. The second-order valence-electron chi connectivity index (χ2n) is 4.34. The number of para-hydroxylation sites is 2. The first-order valence-electron chi connectivity index (χ1n) is 6.85. The lowest BCUT2D eigenvalue weighted by molar-refractivity contribution is 0.304. The molecule has 0 spiro atoms. The molecule has 1 fully saturated rings. The Kier molecular flexibility index (Phi) is 9.01. The fraction of sp³-hybridized carbons (Fsp3) is 0.250. The number of phenols is 2. The van der Waals surface area contributed by atoms with Crippen LogP contribution in [0.1, 0.15) is 12.8 Å². The van der Waals surface area contributed by atoms with Crippen LogP contribution in [-0.4, -0.2) is 26.6 Å². The van der Waals surface area contributed by atoms with E-state index < -0.39 is 0 Å². The molecule has 0 amide bonds. The Morgan fingerprint density at radius 3 is 1.40 bits per heavy atom. The van der Waals surface area contributed by atoms with E-state index in [1.54, 1.807) is 48.5 Å². The van der Waals surface area contributed by atoms with Gasteiger partial charge in [-0.15, -0.1) is 0 Å². The standard InChI is InChI=1S/2C6H6O.C4H10OSi/c2*7-6-4-2-1-3-5-6;1-2-4-6-5-3-1/h2*1-5,7H;1-4,6H2. The predicted molar refractivity (Wildman–Crippen MR) is 84.8 cm³/mol. The minimum Gasteiger partial charge on any atom is -0.508 e. The quantitative estimate of drug-likeness (QED) is 0.733. The molecule has 0 aromatic heterocycles. The van der Waals surface area contributed by atoms with Gasteiger partial charge in [0.1, 0.15) is 11.5 Å². The molecule has 2 aromatic carbocycles. The van der Waals surface area contributed by atoms with Gasteiger partial charge in [0.05, 0.1) is 0 Å².